The summed E-state index contributed by atoms with van der Waals surface area (Å²) in [7, 11) is 2.00. The standard InChI is InChI=1S/C17H25N3/c1-11-7-8-12(2)16(9-11)20-15(5)17(14(4)19-20)13(3)10-18-6/h7-9,13,18H,10H2,1-6H3. The molecule has 1 aromatic carbocycles. The molecule has 1 aromatic heterocycles. The van der Waals surface area contributed by atoms with Crippen molar-refractivity contribution in [2.75, 3.05) is 13.6 Å². The normalized spacial score (nSPS) is 12.7. The molecule has 0 amide bonds. The molecule has 0 aliphatic carbocycles. The molecule has 3 nitrogen and oxygen atoms in total. The van der Waals surface area contributed by atoms with E-state index in [1.54, 1.807) is 0 Å². The van der Waals surface area contributed by atoms with Gasteiger partial charge < -0.3 is 5.32 Å². The molecule has 0 saturated heterocycles. The molecule has 20 heavy (non-hydrogen) atoms. The third-order valence-corrected chi connectivity index (χ3v) is 3.94. The molecule has 0 radical (unpaired) electrons. The van der Waals surface area contributed by atoms with Crippen molar-refractivity contribution in [2.24, 2.45) is 0 Å². The molecule has 1 heterocycles. The van der Waals surface area contributed by atoms with Crippen molar-refractivity contribution in [1.29, 1.82) is 0 Å². The third-order valence-electron chi connectivity index (χ3n) is 3.94. The van der Waals surface area contributed by atoms with Crippen LogP contribution in [0.2, 0.25) is 0 Å². The number of benzene rings is 1. The molecule has 1 atom stereocenters. The van der Waals surface area contributed by atoms with Gasteiger partial charge in [-0.05, 0) is 57.9 Å². The molecular weight excluding hydrogens is 246 g/mol. The van der Waals surface area contributed by atoms with E-state index in [0.717, 1.165) is 12.2 Å². The van der Waals surface area contributed by atoms with Gasteiger partial charge in [-0.25, -0.2) is 4.68 Å². The molecule has 2 rings (SSSR count). The summed E-state index contributed by atoms with van der Waals surface area (Å²) in [5.41, 5.74) is 7.45. The first-order valence-corrected chi connectivity index (χ1v) is 7.24. The Bertz CT molecular complexity index is 611. The summed E-state index contributed by atoms with van der Waals surface area (Å²) in [5, 5.41) is 8.03. The highest BCUT2D eigenvalue weighted by atomic mass is 15.3. The smallest absolute Gasteiger partial charge is 0.0680 e. The highest BCUT2D eigenvalue weighted by Gasteiger charge is 2.18. The second kappa shape index (κ2) is 5.80. The zero-order valence-corrected chi connectivity index (χ0v) is 13.4. The zero-order valence-electron chi connectivity index (χ0n) is 13.4. The minimum absolute atomic E-state index is 0.471. The fraction of sp³-hybridized carbons (Fsp3) is 0.471. The SMILES string of the molecule is CNCC(C)c1c(C)nn(-c2cc(C)ccc2C)c1C. The Morgan fingerprint density at radius 1 is 1.20 bits per heavy atom. The lowest BCUT2D eigenvalue weighted by Gasteiger charge is -2.13. The van der Waals surface area contributed by atoms with Gasteiger partial charge in [-0.1, -0.05) is 19.1 Å². The van der Waals surface area contributed by atoms with E-state index in [0.29, 0.717) is 5.92 Å². The maximum absolute atomic E-state index is 4.77. The summed E-state index contributed by atoms with van der Waals surface area (Å²) in [4.78, 5) is 0. The van der Waals surface area contributed by atoms with Gasteiger partial charge in [0.2, 0.25) is 0 Å². The summed E-state index contributed by atoms with van der Waals surface area (Å²) in [6.45, 7) is 11.8. The zero-order chi connectivity index (χ0) is 14.9. The van der Waals surface area contributed by atoms with Crippen LogP contribution in [-0.4, -0.2) is 23.4 Å². The molecule has 0 spiro atoms. The molecule has 3 heteroatoms. The van der Waals surface area contributed by atoms with Crippen LogP contribution in [0.5, 0.6) is 0 Å². The topological polar surface area (TPSA) is 29.9 Å². The van der Waals surface area contributed by atoms with E-state index in [4.69, 9.17) is 5.10 Å². The lowest BCUT2D eigenvalue weighted by molar-refractivity contribution is 0.670. The van der Waals surface area contributed by atoms with Crippen LogP contribution in [0.4, 0.5) is 0 Å². The van der Waals surface area contributed by atoms with Crippen molar-refractivity contribution in [1.82, 2.24) is 15.1 Å². The molecule has 0 aliphatic heterocycles. The van der Waals surface area contributed by atoms with E-state index >= 15 is 0 Å². The van der Waals surface area contributed by atoms with E-state index in [1.807, 2.05) is 7.05 Å². The van der Waals surface area contributed by atoms with Gasteiger partial charge in [0.25, 0.3) is 0 Å². The number of hydrogen-bond acceptors (Lipinski definition) is 2. The van der Waals surface area contributed by atoms with Crippen LogP contribution in [0.3, 0.4) is 0 Å². The second-order valence-corrected chi connectivity index (χ2v) is 5.74. The Hall–Kier alpha value is -1.61. The summed E-state index contributed by atoms with van der Waals surface area (Å²) in [5.74, 6) is 0.471. The minimum atomic E-state index is 0.471. The van der Waals surface area contributed by atoms with Gasteiger partial charge in [0, 0.05) is 17.8 Å². The maximum Gasteiger partial charge on any atom is 0.0680 e. The summed E-state index contributed by atoms with van der Waals surface area (Å²) < 4.78 is 2.10. The highest BCUT2D eigenvalue weighted by Crippen LogP contribution is 2.26. The van der Waals surface area contributed by atoms with Crippen molar-refractivity contribution in [3.05, 3.63) is 46.3 Å². The number of nitrogens with zero attached hydrogens (tertiary/aromatic N) is 2. The van der Waals surface area contributed by atoms with Crippen LogP contribution in [0.1, 0.15) is 40.9 Å². The monoisotopic (exact) mass is 271 g/mol. The van der Waals surface area contributed by atoms with E-state index < -0.39 is 0 Å². The first-order valence-electron chi connectivity index (χ1n) is 7.24. The molecule has 0 aliphatic rings. The van der Waals surface area contributed by atoms with E-state index in [9.17, 15) is 0 Å². The number of hydrogen-bond donors (Lipinski definition) is 1. The number of nitrogens with one attached hydrogen (secondary N) is 1. The maximum atomic E-state index is 4.77. The summed E-state index contributed by atoms with van der Waals surface area (Å²) in [6, 6.07) is 6.52. The molecule has 1 unspecified atom stereocenters. The predicted molar refractivity (Wildman–Crippen MR) is 84.9 cm³/mol. The molecular formula is C17H25N3. The van der Waals surface area contributed by atoms with Crippen LogP contribution in [0.15, 0.2) is 18.2 Å². The Balaban J connectivity index is 2.54. The Kier molecular flexibility index (Phi) is 4.29. The van der Waals surface area contributed by atoms with Gasteiger partial charge in [-0.3, -0.25) is 0 Å². The van der Waals surface area contributed by atoms with Crippen molar-refractivity contribution >= 4 is 0 Å². The fourth-order valence-electron chi connectivity index (χ4n) is 2.96. The van der Waals surface area contributed by atoms with E-state index in [1.165, 1.54) is 28.1 Å². The van der Waals surface area contributed by atoms with Crippen molar-refractivity contribution in [3.63, 3.8) is 0 Å². The van der Waals surface area contributed by atoms with Crippen molar-refractivity contribution in [2.45, 2.75) is 40.5 Å². The van der Waals surface area contributed by atoms with Crippen LogP contribution in [-0.2, 0) is 0 Å². The number of likely N-dealkylation sites (N-methyl/N-ethyl adjacent to an activating group) is 1. The van der Waals surface area contributed by atoms with Crippen LogP contribution in [0.25, 0.3) is 5.69 Å². The van der Waals surface area contributed by atoms with Crippen molar-refractivity contribution < 1.29 is 0 Å². The number of aromatic nitrogens is 2. The average molecular weight is 271 g/mol. The van der Waals surface area contributed by atoms with Gasteiger partial charge in [0.15, 0.2) is 0 Å². The van der Waals surface area contributed by atoms with Gasteiger partial charge in [-0.2, -0.15) is 5.10 Å². The largest absolute Gasteiger partial charge is 0.319 e. The molecule has 2 aromatic rings. The molecule has 0 fully saturated rings. The molecule has 0 saturated carbocycles. The van der Waals surface area contributed by atoms with Gasteiger partial charge in [0.1, 0.15) is 0 Å². The second-order valence-electron chi connectivity index (χ2n) is 5.74. The number of aryl methyl sites for hydroxylation is 3. The molecule has 108 valence electrons. The van der Waals surface area contributed by atoms with Crippen LogP contribution < -0.4 is 5.32 Å². The number of rotatable bonds is 4. The Labute approximate surface area is 122 Å². The Morgan fingerprint density at radius 2 is 1.90 bits per heavy atom. The van der Waals surface area contributed by atoms with Crippen LogP contribution in [0, 0.1) is 27.7 Å². The van der Waals surface area contributed by atoms with Gasteiger partial charge in [-0.15, -0.1) is 0 Å². The highest BCUT2D eigenvalue weighted by molar-refractivity contribution is 5.45. The third kappa shape index (κ3) is 2.63. The van der Waals surface area contributed by atoms with Crippen LogP contribution >= 0.6 is 0 Å². The first-order chi connectivity index (χ1) is 9.45. The van der Waals surface area contributed by atoms with Gasteiger partial charge in [0.05, 0.1) is 11.4 Å². The van der Waals surface area contributed by atoms with E-state index in [-0.39, 0.29) is 0 Å². The lowest BCUT2D eigenvalue weighted by atomic mass is 9.99. The first kappa shape index (κ1) is 14.8. The minimum Gasteiger partial charge on any atom is -0.319 e. The predicted octanol–water partition coefficient (Wildman–Crippen LogP) is 3.43. The summed E-state index contributed by atoms with van der Waals surface area (Å²) >= 11 is 0. The van der Waals surface area contributed by atoms with Gasteiger partial charge >= 0.3 is 0 Å². The van der Waals surface area contributed by atoms with Crippen molar-refractivity contribution in [3.8, 4) is 5.69 Å². The molecule has 0 bridgehead atoms. The average Bonchev–Trinajstić information content (AvgIpc) is 2.68. The molecule has 1 N–H and O–H groups in total. The lowest BCUT2D eigenvalue weighted by Crippen LogP contribution is -2.15. The quantitative estimate of drug-likeness (QED) is 0.923. The Morgan fingerprint density at radius 3 is 2.55 bits per heavy atom. The van der Waals surface area contributed by atoms with E-state index in [2.05, 4.69) is 62.8 Å². The summed E-state index contributed by atoms with van der Waals surface area (Å²) in [6.07, 6.45) is 0. The fourth-order valence-corrected chi connectivity index (χ4v) is 2.96.